The van der Waals surface area contributed by atoms with Gasteiger partial charge in [0, 0.05) is 41.4 Å². The normalized spacial score (nSPS) is 11.5. The van der Waals surface area contributed by atoms with Crippen molar-refractivity contribution < 1.29 is 4.39 Å². The molecule has 0 amide bonds. The Morgan fingerprint density at radius 1 is 1.30 bits per heavy atom. The van der Waals surface area contributed by atoms with Crippen LogP contribution in [0.1, 0.15) is 29.4 Å². The summed E-state index contributed by atoms with van der Waals surface area (Å²) in [5, 5.41) is 8.99. The van der Waals surface area contributed by atoms with E-state index in [9.17, 15) is 4.39 Å². The Hall–Kier alpha value is -2.14. The molecule has 0 saturated carbocycles. The lowest BCUT2D eigenvalue weighted by Gasteiger charge is -2.06. The van der Waals surface area contributed by atoms with E-state index >= 15 is 0 Å². The second kappa shape index (κ2) is 6.54. The predicted octanol–water partition coefficient (Wildman–Crippen LogP) is 3.47. The van der Waals surface area contributed by atoms with Crippen LogP contribution in [0.25, 0.3) is 10.9 Å². The van der Waals surface area contributed by atoms with Crippen molar-refractivity contribution in [3.8, 4) is 0 Å². The van der Waals surface area contributed by atoms with Gasteiger partial charge < -0.3 is 10.3 Å². The van der Waals surface area contributed by atoms with Crippen molar-refractivity contribution in [2.75, 3.05) is 6.54 Å². The lowest BCUT2D eigenvalue weighted by atomic mass is 10.1. The standard InChI is InChI=1S/C18H23FN4/c1-4-23-13(3)17(12(2)22-23)11-20-8-7-14-10-21-18-6-5-15(19)9-16(14)18/h5-6,9-10,20-21H,4,7-8,11H2,1-3H3. The molecule has 2 aromatic heterocycles. The summed E-state index contributed by atoms with van der Waals surface area (Å²) in [5.74, 6) is -0.190. The van der Waals surface area contributed by atoms with Crippen LogP contribution in [0.4, 0.5) is 4.39 Å². The number of nitrogens with zero attached hydrogens (tertiary/aromatic N) is 2. The highest BCUT2D eigenvalue weighted by atomic mass is 19.1. The monoisotopic (exact) mass is 314 g/mol. The summed E-state index contributed by atoms with van der Waals surface area (Å²) in [6, 6.07) is 4.87. The number of fused-ring (bicyclic) bond motifs is 1. The SMILES string of the molecule is CCn1nc(C)c(CNCCc2c[nH]c3ccc(F)cc23)c1C. The van der Waals surface area contributed by atoms with Crippen LogP contribution in [0, 0.1) is 19.7 Å². The first-order valence-corrected chi connectivity index (χ1v) is 8.09. The molecule has 0 spiro atoms. The van der Waals surface area contributed by atoms with Crippen LogP contribution in [0.15, 0.2) is 24.4 Å². The number of nitrogens with one attached hydrogen (secondary N) is 2. The first kappa shape index (κ1) is 15.7. The number of aromatic nitrogens is 3. The van der Waals surface area contributed by atoms with Gasteiger partial charge in [-0.05, 0) is 57.5 Å². The first-order chi connectivity index (χ1) is 11.1. The van der Waals surface area contributed by atoms with Gasteiger partial charge in [-0.3, -0.25) is 4.68 Å². The lowest BCUT2D eigenvalue weighted by Crippen LogP contribution is -2.17. The van der Waals surface area contributed by atoms with Gasteiger partial charge in [-0.1, -0.05) is 0 Å². The van der Waals surface area contributed by atoms with Crippen molar-refractivity contribution in [2.24, 2.45) is 0 Å². The molecule has 0 saturated heterocycles. The summed E-state index contributed by atoms with van der Waals surface area (Å²) in [6.07, 6.45) is 2.83. The van der Waals surface area contributed by atoms with Crippen LogP contribution < -0.4 is 5.32 Å². The zero-order valence-electron chi connectivity index (χ0n) is 13.9. The summed E-state index contributed by atoms with van der Waals surface area (Å²) in [7, 11) is 0. The fraction of sp³-hybridized carbons (Fsp3) is 0.389. The number of benzene rings is 1. The summed E-state index contributed by atoms with van der Waals surface area (Å²) in [6.45, 7) is 8.83. The molecule has 3 rings (SSSR count). The number of H-pyrrole nitrogens is 1. The molecule has 1 aromatic carbocycles. The van der Waals surface area contributed by atoms with Crippen molar-refractivity contribution in [3.05, 3.63) is 52.7 Å². The van der Waals surface area contributed by atoms with Crippen molar-refractivity contribution in [1.29, 1.82) is 0 Å². The molecule has 0 atom stereocenters. The van der Waals surface area contributed by atoms with Gasteiger partial charge >= 0.3 is 0 Å². The Labute approximate surface area is 135 Å². The minimum atomic E-state index is -0.190. The number of aromatic amines is 1. The molecule has 0 fully saturated rings. The van der Waals surface area contributed by atoms with Gasteiger partial charge in [-0.2, -0.15) is 5.10 Å². The number of hydrogen-bond acceptors (Lipinski definition) is 2. The van der Waals surface area contributed by atoms with E-state index in [1.54, 1.807) is 12.1 Å². The number of halogens is 1. The highest BCUT2D eigenvalue weighted by molar-refractivity contribution is 5.83. The highest BCUT2D eigenvalue weighted by Gasteiger charge is 2.10. The van der Waals surface area contributed by atoms with Gasteiger partial charge in [0.25, 0.3) is 0 Å². The molecule has 5 heteroatoms. The van der Waals surface area contributed by atoms with E-state index in [2.05, 4.69) is 36.2 Å². The van der Waals surface area contributed by atoms with E-state index in [0.29, 0.717) is 0 Å². The number of hydrogen-bond donors (Lipinski definition) is 2. The average Bonchev–Trinajstić information content (AvgIpc) is 3.05. The molecule has 4 nitrogen and oxygen atoms in total. The quantitative estimate of drug-likeness (QED) is 0.684. The average molecular weight is 314 g/mol. The minimum absolute atomic E-state index is 0.190. The molecule has 2 heterocycles. The van der Waals surface area contributed by atoms with Gasteiger partial charge in [0.1, 0.15) is 5.82 Å². The summed E-state index contributed by atoms with van der Waals surface area (Å²) < 4.78 is 15.4. The van der Waals surface area contributed by atoms with Crippen LogP contribution in [0.3, 0.4) is 0 Å². The van der Waals surface area contributed by atoms with Crippen LogP contribution >= 0.6 is 0 Å². The van der Waals surface area contributed by atoms with Crippen molar-refractivity contribution >= 4 is 10.9 Å². The van der Waals surface area contributed by atoms with Crippen LogP contribution in [-0.2, 0) is 19.5 Å². The summed E-state index contributed by atoms with van der Waals surface area (Å²) >= 11 is 0. The Kier molecular flexibility index (Phi) is 4.48. The lowest BCUT2D eigenvalue weighted by molar-refractivity contribution is 0.629. The molecule has 0 bridgehead atoms. The topological polar surface area (TPSA) is 45.6 Å². The van der Waals surface area contributed by atoms with Gasteiger partial charge in [0.2, 0.25) is 0 Å². The maximum absolute atomic E-state index is 13.4. The largest absolute Gasteiger partial charge is 0.361 e. The third-order valence-corrected chi connectivity index (χ3v) is 4.43. The molecule has 0 aliphatic rings. The van der Waals surface area contributed by atoms with E-state index in [4.69, 9.17) is 0 Å². The zero-order valence-corrected chi connectivity index (χ0v) is 13.9. The van der Waals surface area contributed by atoms with Crippen molar-refractivity contribution in [3.63, 3.8) is 0 Å². The van der Waals surface area contributed by atoms with E-state index in [-0.39, 0.29) is 5.82 Å². The molecule has 3 aromatic rings. The Morgan fingerprint density at radius 3 is 2.87 bits per heavy atom. The maximum atomic E-state index is 13.4. The Bertz CT molecular complexity index is 816. The van der Waals surface area contributed by atoms with Crippen LogP contribution in [0.5, 0.6) is 0 Å². The van der Waals surface area contributed by atoms with Crippen LogP contribution in [-0.4, -0.2) is 21.3 Å². The number of aryl methyl sites for hydroxylation is 2. The fourth-order valence-corrected chi connectivity index (χ4v) is 3.09. The van der Waals surface area contributed by atoms with Gasteiger partial charge in [0.15, 0.2) is 0 Å². The third-order valence-electron chi connectivity index (χ3n) is 4.43. The molecular weight excluding hydrogens is 291 g/mol. The van der Waals surface area contributed by atoms with Crippen molar-refractivity contribution in [1.82, 2.24) is 20.1 Å². The predicted molar refractivity (Wildman–Crippen MR) is 91.0 cm³/mol. The molecule has 0 aliphatic heterocycles. The minimum Gasteiger partial charge on any atom is -0.361 e. The maximum Gasteiger partial charge on any atom is 0.123 e. The van der Waals surface area contributed by atoms with E-state index in [1.807, 2.05) is 10.9 Å². The second-order valence-corrected chi connectivity index (χ2v) is 5.90. The fourth-order valence-electron chi connectivity index (χ4n) is 3.09. The van der Waals surface area contributed by atoms with Crippen LogP contribution in [0.2, 0.25) is 0 Å². The van der Waals surface area contributed by atoms with Gasteiger partial charge in [0.05, 0.1) is 5.69 Å². The zero-order chi connectivity index (χ0) is 16.4. The van der Waals surface area contributed by atoms with Gasteiger partial charge in [-0.15, -0.1) is 0 Å². The first-order valence-electron chi connectivity index (χ1n) is 8.09. The Balaban J connectivity index is 1.61. The summed E-state index contributed by atoms with van der Waals surface area (Å²) in [4.78, 5) is 3.20. The van der Waals surface area contributed by atoms with E-state index < -0.39 is 0 Å². The van der Waals surface area contributed by atoms with E-state index in [0.717, 1.165) is 48.2 Å². The second-order valence-electron chi connectivity index (χ2n) is 5.90. The molecule has 122 valence electrons. The molecule has 2 N–H and O–H groups in total. The smallest absolute Gasteiger partial charge is 0.123 e. The third kappa shape index (κ3) is 3.15. The molecule has 0 unspecified atom stereocenters. The van der Waals surface area contributed by atoms with E-state index in [1.165, 1.54) is 17.3 Å². The Morgan fingerprint density at radius 2 is 2.13 bits per heavy atom. The highest BCUT2D eigenvalue weighted by Crippen LogP contribution is 2.19. The number of rotatable bonds is 6. The molecule has 23 heavy (non-hydrogen) atoms. The molecular formula is C18H23FN4. The molecule has 0 aliphatic carbocycles. The van der Waals surface area contributed by atoms with Gasteiger partial charge in [-0.25, -0.2) is 4.39 Å². The summed E-state index contributed by atoms with van der Waals surface area (Å²) in [5.41, 5.74) is 5.72. The molecule has 0 radical (unpaired) electrons. The van der Waals surface area contributed by atoms with Crippen molar-refractivity contribution in [2.45, 2.75) is 40.3 Å².